The molecule has 0 spiro atoms. The topological polar surface area (TPSA) is 70.4 Å². The second-order valence-electron chi connectivity index (χ2n) is 5.54. The molecule has 0 unspecified atom stereocenters. The first-order chi connectivity index (χ1) is 13.4. The lowest BCUT2D eigenvalue weighted by Crippen LogP contribution is -2.35. The summed E-state index contributed by atoms with van der Waals surface area (Å²) in [6.45, 7) is -0.435. The molecule has 5 nitrogen and oxygen atoms in total. The number of hydrogen-bond acceptors (Lipinski definition) is 4. The zero-order valence-electron chi connectivity index (χ0n) is 14.6. The van der Waals surface area contributed by atoms with E-state index in [2.05, 4.69) is 0 Å². The van der Waals surface area contributed by atoms with Gasteiger partial charge in [-0.3, -0.25) is 4.79 Å². The normalized spacial score (nSPS) is 10.5. The van der Waals surface area contributed by atoms with Gasteiger partial charge >= 0.3 is 5.97 Å². The number of carbonyl (C=O) groups excluding carboxylic acids is 2. The molecule has 0 aliphatic carbocycles. The smallest absolute Gasteiger partial charge is 0.331 e. The zero-order chi connectivity index (χ0) is 20.5. The fourth-order valence-corrected chi connectivity index (χ4v) is 2.71. The summed E-state index contributed by atoms with van der Waals surface area (Å²) >= 11 is 11.8. The summed E-state index contributed by atoms with van der Waals surface area (Å²) in [5.41, 5.74) is 0.970. The Kier molecular flexibility index (Phi) is 8.00. The fraction of sp³-hybridized carbons (Fsp3) is 0.150. The van der Waals surface area contributed by atoms with E-state index in [9.17, 15) is 14.0 Å². The standard InChI is InChI=1S/C20H15Cl2FN2O3/c21-15-4-2-14(18(22)12-15)3-9-20(27)28-13-19(26)25(11-1-10-24)17-7-5-16(23)6-8-17/h2-9,12H,1,11,13H2/b9-3+. The number of halogens is 3. The number of esters is 1. The highest BCUT2D eigenvalue weighted by Gasteiger charge is 2.17. The van der Waals surface area contributed by atoms with Gasteiger partial charge in [-0.15, -0.1) is 0 Å². The molecule has 0 heterocycles. The molecule has 2 aromatic rings. The minimum absolute atomic E-state index is 0.0754. The predicted molar refractivity (Wildman–Crippen MR) is 105 cm³/mol. The molecule has 0 N–H and O–H groups in total. The van der Waals surface area contributed by atoms with Crippen LogP contribution in [0.1, 0.15) is 12.0 Å². The molecule has 0 fully saturated rings. The fourth-order valence-electron chi connectivity index (χ4n) is 2.23. The maximum absolute atomic E-state index is 13.1. The molecule has 144 valence electrons. The summed E-state index contributed by atoms with van der Waals surface area (Å²) in [6.07, 6.45) is 2.66. The Hall–Kier alpha value is -2.88. The summed E-state index contributed by atoms with van der Waals surface area (Å²) in [6, 6.07) is 12.0. The number of benzene rings is 2. The second-order valence-corrected chi connectivity index (χ2v) is 6.38. The van der Waals surface area contributed by atoms with Gasteiger partial charge in [0.1, 0.15) is 5.82 Å². The molecule has 0 aliphatic heterocycles. The molecule has 2 rings (SSSR count). The number of nitrogens with zero attached hydrogens (tertiary/aromatic N) is 2. The maximum atomic E-state index is 13.1. The van der Waals surface area contributed by atoms with Crippen molar-refractivity contribution in [3.63, 3.8) is 0 Å². The van der Waals surface area contributed by atoms with Crippen molar-refractivity contribution in [2.75, 3.05) is 18.1 Å². The van der Waals surface area contributed by atoms with Gasteiger partial charge in [0.2, 0.25) is 0 Å². The quantitative estimate of drug-likeness (QED) is 0.483. The van der Waals surface area contributed by atoms with E-state index in [1.807, 2.05) is 6.07 Å². The molecule has 2 aromatic carbocycles. The van der Waals surface area contributed by atoms with Crippen molar-refractivity contribution in [2.24, 2.45) is 0 Å². The molecule has 0 radical (unpaired) electrons. The van der Waals surface area contributed by atoms with Crippen LogP contribution in [-0.4, -0.2) is 25.0 Å². The van der Waals surface area contributed by atoms with Crippen molar-refractivity contribution >= 4 is 46.8 Å². The largest absolute Gasteiger partial charge is 0.452 e. The number of amides is 1. The molecule has 1 amide bonds. The molecule has 0 atom stereocenters. The predicted octanol–water partition coefficient (Wildman–Crippen LogP) is 4.64. The molecule has 0 aromatic heterocycles. The monoisotopic (exact) mass is 420 g/mol. The molecule has 0 bridgehead atoms. The zero-order valence-corrected chi connectivity index (χ0v) is 16.1. The van der Waals surface area contributed by atoms with Gasteiger partial charge in [-0.2, -0.15) is 5.26 Å². The number of hydrogen-bond donors (Lipinski definition) is 0. The van der Waals surface area contributed by atoms with Gasteiger partial charge in [0.25, 0.3) is 5.91 Å². The third-order valence-corrected chi connectivity index (χ3v) is 4.15. The second kappa shape index (κ2) is 10.5. The summed E-state index contributed by atoms with van der Waals surface area (Å²) in [7, 11) is 0. The van der Waals surface area contributed by atoms with Gasteiger partial charge < -0.3 is 9.64 Å². The average molecular weight is 421 g/mol. The van der Waals surface area contributed by atoms with Gasteiger partial charge in [0, 0.05) is 28.4 Å². The van der Waals surface area contributed by atoms with E-state index in [-0.39, 0.29) is 13.0 Å². The van der Waals surface area contributed by atoms with Crippen molar-refractivity contribution < 1.29 is 18.7 Å². The lowest BCUT2D eigenvalue weighted by atomic mass is 10.2. The van der Waals surface area contributed by atoms with Crippen LogP contribution in [0.15, 0.2) is 48.5 Å². The first-order valence-corrected chi connectivity index (χ1v) is 8.89. The minimum atomic E-state index is -0.737. The van der Waals surface area contributed by atoms with Gasteiger partial charge in [-0.1, -0.05) is 29.3 Å². The highest BCUT2D eigenvalue weighted by Crippen LogP contribution is 2.22. The van der Waals surface area contributed by atoms with Crippen molar-refractivity contribution in [3.05, 3.63) is 70.0 Å². The Morgan fingerprint density at radius 1 is 1.18 bits per heavy atom. The Morgan fingerprint density at radius 3 is 2.54 bits per heavy atom. The highest BCUT2D eigenvalue weighted by molar-refractivity contribution is 6.35. The molecule has 8 heteroatoms. The lowest BCUT2D eigenvalue weighted by Gasteiger charge is -2.21. The van der Waals surface area contributed by atoms with Crippen molar-refractivity contribution in [2.45, 2.75) is 6.42 Å². The molecular weight excluding hydrogens is 406 g/mol. The van der Waals surface area contributed by atoms with E-state index >= 15 is 0 Å². The van der Waals surface area contributed by atoms with Crippen molar-refractivity contribution in [1.82, 2.24) is 0 Å². The van der Waals surface area contributed by atoms with Gasteiger partial charge in [0.15, 0.2) is 6.61 Å². The van der Waals surface area contributed by atoms with Gasteiger partial charge in [0.05, 0.1) is 12.5 Å². The van der Waals surface area contributed by atoms with E-state index in [1.165, 1.54) is 41.3 Å². The van der Waals surface area contributed by atoms with E-state index in [4.69, 9.17) is 33.2 Å². The molecule has 0 saturated heterocycles. The Bertz CT molecular complexity index is 924. The van der Waals surface area contributed by atoms with Gasteiger partial charge in [-0.05, 0) is 48.0 Å². The SMILES string of the molecule is N#CCCN(C(=O)COC(=O)/C=C/c1ccc(Cl)cc1Cl)c1ccc(F)cc1. The number of carbonyl (C=O) groups is 2. The van der Waals surface area contributed by atoms with Crippen LogP contribution < -0.4 is 4.90 Å². The lowest BCUT2D eigenvalue weighted by molar-refractivity contribution is -0.142. The Balaban J connectivity index is 1.99. The number of nitriles is 1. The molecule has 0 saturated carbocycles. The van der Waals surface area contributed by atoms with Crippen LogP contribution in [0.25, 0.3) is 6.08 Å². The summed E-state index contributed by atoms with van der Waals surface area (Å²) in [5.74, 6) is -1.72. The number of anilines is 1. The van der Waals surface area contributed by atoms with E-state index in [1.54, 1.807) is 12.1 Å². The van der Waals surface area contributed by atoms with E-state index in [0.29, 0.717) is 21.3 Å². The average Bonchev–Trinajstić information content (AvgIpc) is 2.67. The Morgan fingerprint density at radius 2 is 1.89 bits per heavy atom. The molecular formula is C20H15Cl2FN2O3. The van der Waals surface area contributed by atoms with E-state index < -0.39 is 24.3 Å². The van der Waals surface area contributed by atoms with Crippen LogP contribution in [0, 0.1) is 17.1 Å². The molecule has 0 aliphatic rings. The van der Waals surface area contributed by atoms with Crippen molar-refractivity contribution in [1.29, 1.82) is 5.26 Å². The van der Waals surface area contributed by atoms with E-state index in [0.717, 1.165) is 6.08 Å². The van der Waals surface area contributed by atoms with Crippen LogP contribution in [0.5, 0.6) is 0 Å². The van der Waals surface area contributed by atoms with Crippen LogP contribution in [0.2, 0.25) is 10.0 Å². The van der Waals surface area contributed by atoms with Gasteiger partial charge in [-0.25, -0.2) is 9.18 Å². The van der Waals surface area contributed by atoms with Crippen LogP contribution in [0.3, 0.4) is 0 Å². The molecule has 28 heavy (non-hydrogen) atoms. The van der Waals surface area contributed by atoms with Crippen LogP contribution in [-0.2, 0) is 14.3 Å². The summed E-state index contributed by atoms with van der Waals surface area (Å²) in [4.78, 5) is 25.5. The van der Waals surface area contributed by atoms with Crippen molar-refractivity contribution in [3.8, 4) is 6.07 Å². The summed E-state index contributed by atoms with van der Waals surface area (Å²) in [5, 5.41) is 9.60. The number of rotatable bonds is 7. The first kappa shape index (κ1) is 21.4. The minimum Gasteiger partial charge on any atom is -0.452 e. The summed E-state index contributed by atoms with van der Waals surface area (Å²) < 4.78 is 18.0. The van der Waals surface area contributed by atoms with Crippen LogP contribution in [0.4, 0.5) is 10.1 Å². The third kappa shape index (κ3) is 6.38. The third-order valence-electron chi connectivity index (χ3n) is 3.59. The Labute approximate surface area is 171 Å². The highest BCUT2D eigenvalue weighted by atomic mass is 35.5. The van der Waals surface area contributed by atoms with Crippen LogP contribution >= 0.6 is 23.2 Å². The number of ether oxygens (including phenoxy) is 1. The first-order valence-electron chi connectivity index (χ1n) is 8.13. The maximum Gasteiger partial charge on any atom is 0.331 e.